The van der Waals surface area contributed by atoms with Gasteiger partial charge in [-0.15, -0.1) is 0 Å². The van der Waals surface area contributed by atoms with E-state index in [0.29, 0.717) is 11.3 Å². The van der Waals surface area contributed by atoms with Crippen molar-refractivity contribution in [2.24, 2.45) is 0 Å². The zero-order valence-corrected chi connectivity index (χ0v) is 12.6. The average molecular weight is 339 g/mol. The highest BCUT2D eigenvalue weighted by molar-refractivity contribution is 5.97. The van der Waals surface area contributed by atoms with Gasteiger partial charge in [0.15, 0.2) is 11.4 Å². The second-order valence-corrected chi connectivity index (χ2v) is 5.11. The molecule has 0 saturated carbocycles. The van der Waals surface area contributed by atoms with Crippen molar-refractivity contribution in [1.82, 2.24) is 19.4 Å². The minimum atomic E-state index is -0.584. The summed E-state index contributed by atoms with van der Waals surface area (Å²) >= 11 is 0. The highest BCUT2D eigenvalue weighted by Gasteiger charge is 2.14. The maximum absolute atomic E-state index is 13.1. The quantitative estimate of drug-likeness (QED) is 0.613. The van der Waals surface area contributed by atoms with Crippen LogP contribution in [-0.2, 0) is 0 Å². The Morgan fingerprint density at radius 2 is 2.00 bits per heavy atom. The second-order valence-electron chi connectivity index (χ2n) is 5.11. The van der Waals surface area contributed by atoms with Gasteiger partial charge in [-0.25, -0.2) is 18.7 Å². The van der Waals surface area contributed by atoms with Crippen LogP contribution in [-0.4, -0.2) is 25.3 Å². The van der Waals surface area contributed by atoms with Crippen molar-refractivity contribution in [2.45, 2.75) is 0 Å². The molecule has 0 aliphatic heterocycles. The molecule has 0 atom stereocenters. The van der Waals surface area contributed by atoms with Crippen LogP contribution in [0.4, 0.5) is 4.39 Å². The molecule has 9 heteroatoms. The summed E-state index contributed by atoms with van der Waals surface area (Å²) in [5.74, 6) is -0.899. The van der Waals surface area contributed by atoms with Gasteiger partial charge in [0.25, 0.3) is 5.56 Å². The van der Waals surface area contributed by atoms with Crippen molar-refractivity contribution in [1.29, 1.82) is 0 Å². The highest BCUT2D eigenvalue weighted by Crippen LogP contribution is 2.14. The summed E-state index contributed by atoms with van der Waals surface area (Å²) in [6, 6.07) is 8.65. The fraction of sp³-hybridized carbons (Fsp3) is 0. The lowest BCUT2D eigenvalue weighted by Gasteiger charge is -2.06. The van der Waals surface area contributed by atoms with Gasteiger partial charge in [-0.3, -0.25) is 15.0 Å². The van der Waals surface area contributed by atoms with Crippen molar-refractivity contribution in [3.05, 3.63) is 77.1 Å². The van der Waals surface area contributed by atoms with E-state index in [1.54, 1.807) is 6.07 Å². The van der Waals surface area contributed by atoms with Gasteiger partial charge in [-0.2, -0.15) is 5.10 Å². The predicted molar refractivity (Wildman–Crippen MR) is 85.5 cm³/mol. The Morgan fingerprint density at radius 3 is 2.72 bits per heavy atom. The molecule has 124 valence electrons. The number of benzene rings is 1. The van der Waals surface area contributed by atoms with E-state index < -0.39 is 11.5 Å². The SMILES string of the molecule is O=C(Nn1cnc2c(cnn2-c2ccc(F)cc2)c1=O)c1ccco1. The number of halogens is 1. The van der Waals surface area contributed by atoms with Crippen LogP contribution in [0.1, 0.15) is 10.6 Å². The number of nitrogens with one attached hydrogen (secondary N) is 1. The zero-order chi connectivity index (χ0) is 17.4. The van der Waals surface area contributed by atoms with Gasteiger partial charge >= 0.3 is 5.91 Å². The summed E-state index contributed by atoms with van der Waals surface area (Å²) in [6.45, 7) is 0. The first kappa shape index (κ1) is 14.8. The summed E-state index contributed by atoms with van der Waals surface area (Å²) in [6.07, 6.45) is 3.86. The van der Waals surface area contributed by atoms with Crippen LogP contribution >= 0.6 is 0 Å². The third-order valence-electron chi connectivity index (χ3n) is 3.53. The van der Waals surface area contributed by atoms with Crippen LogP contribution in [0.5, 0.6) is 0 Å². The molecule has 0 unspecified atom stereocenters. The summed E-state index contributed by atoms with van der Waals surface area (Å²) in [4.78, 5) is 28.6. The predicted octanol–water partition coefficient (Wildman–Crippen LogP) is 1.70. The van der Waals surface area contributed by atoms with E-state index in [2.05, 4.69) is 15.5 Å². The third-order valence-corrected chi connectivity index (χ3v) is 3.53. The average Bonchev–Trinajstić information content (AvgIpc) is 3.28. The molecule has 0 aliphatic carbocycles. The number of carbonyl (C=O) groups excluding carboxylic acids is 1. The van der Waals surface area contributed by atoms with Crippen molar-refractivity contribution in [2.75, 3.05) is 5.43 Å². The van der Waals surface area contributed by atoms with Crippen molar-refractivity contribution >= 4 is 16.9 Å². The van der Waals surface area contributed by atoms with Crippen LogP contribution in [0.25, 0.3) is 16.7 Å². The summed E-state index contributed by atoms with van der Waals surface area (Å²) in [5.41, 5.74) is 2.73. The molecule has 1 amide bonds. The number of fused-ring (bicyclic) bond motifs is 1. The van der Waals surface area contributed by atoms with E-state index in [9.17, 15) is 14.0 Å². The van der Waals surface area contributed by atoms with Crippen LogP contribution in [0.2, 0.25) is 0 Å². The number of hydrogen-bond donors (Lipinski definition) is 1. The fourth-order valence-electron chi connectivity index (χ4n) is 2.33. The Hall–Kier alpha value is -3.75. The number of rotatable bonds is 3. The van der Waals surface area contributed by atoms with Crippen LogP contribution < -0.4 is 11.0 Å². The highest BCUT2D eigenvalue weighted by atomic mass is 19.1. The Bertz CT molecular complexity index is 1110. The first-order valence-corrected chi connectivity index (χ1v) is 7.20. The maximum Gasteiger partial charge on any atom is 0.305 e. The number of carbonyl (C=O) groups is 1. The van der Waals surface area contributed by atoms with Gasteiger partial charge in [0.2, 0.25) is 0 Å². The molecule has 4 aromatic rings. The molecule has 3 aromatic heterocycles. The fourth-order valence-corrected chi connectivity index (χ4v) is 2.33. The summed E-state index contributed by atoms with van der Waals surface area (Å²) in [5, 5.41) is 4.31. The summed E-state index contributed by atoms with van der Waals surface area (Å²) < 4.78 is 20.4. The number of nitrogens with zero attached hydrogens (tertiary/aromatic N) is 4. The molecule has 8 nitrogen and oxygen atoms in total. The Labute approximate surface area is 139 Å². The molecule has 25 heavy (non-hydrogen) atoms. The van der Waals surface area contributed by atoms with E-state index in [-0.39, 0.29) is 17.0 Å². The molecule has 0 radical (unpaired) electrons. The van der Waals surface area contributed by atoms with E-state index in [4.69, 9.17) is 4.42 Å². The molecular weight excluding hydrogens is 329 g/mol. The van der Waals surface area contributed by atoms with Gasteiger partial charge in [0.05, 0.1) is 18.1 Å². The first-order valence-electron chi connectivity index (χ1n) is 7.20. The molecule has 1 N–H and O–H groups in total. The molecule has 0 bridgehead atoms. The largest absolute Gasteiger partial charge is 0.459 e. The van der Waals surface area contributed by atoms with Gasteiger partial charge in [0.1, 0.15) is 17.5 Å². The van der Waals surface area contributed by atoms with E-state index in [0.717, 1.165) is 4.68 Å². The normalized spacial score (nSPS) is 10.9. The maximum atomic E-state index is 13.1. The molecule has 0 aliphatic rings. The van der Waals surface area contributed by atoms with Gasteiger partial charge < -0.3 is 4.42 Å². The topological polar surface area (TPSA) is 95.0 Å². The van der Waals surface area contributed by atoms with Crippen LogP contribution in [0, 0.1) is 5.82 Å². The first-order chi connectivity index (χ1) is 12.1. The standard InChI is InChI=1S/C16H10FN5O3/c17-10-3-5-11(6-4-10)22-14-12(8-19-22)16(24)21(9-18-14)20-15(23)13-2-1-7-25-13/h1-9H,(H,20,23). The van der Waals surface area contributed by atoms with Crippen molar-refractivity contribution < 1.29 is 13.6 Å². The van der Waals surface area contributed by atoms with E-state index in [1.807, 2.05) is 0 Å². The lowest BCUT2D eigenvalue weighted by Crippen LogP contribution is -2.33. The molecule has 3 heterocycles. The van der Waals surface area contributed by atoms with Crippen LogP contribution in [0.15, 0.2) is 64.4 Å². The van der Waals surface area contributed by atoms with Crippen molar-refractivity contribution in [3.63, 3.8) is 0 Å². The van der Waals surface area contributed by atoms with E-state index >= 15 is 0 Å². The number of aromatic nitrogens is 4. The summed E-state index contributed by atoms with van der Waals surface area (Å²) in [7, 11) is 0. The molecule has 1 aromatic carbocycles. The Morgan fingerprint density at radius 1 is 1.20 bits per heavy atom. The monoisotopic (exact) mass is 339 g/mol. The third kappa shape index (κ3) is 2.57. The Kier molecular flexibility index (Phi) is 3.38. The van der Waals surface area contributed by atoms with Gasteiger partial charge in [0, 0.05) is 0 Å². The van der Waals surface area contributed by atoms with Crippen LogP contribution in [0.3, 0.4) is 0 Å². The van der Waals surface area contributed by atoms with Crippen molar-refractivity contribution in [3.8, 4) is 5.69 Å². The molecular formula is C16H10FN5O3. The molecule has 0 spiro atoms. The van der Waals surface area contributed by atoms with Gasteiger partial charge in [-0.1, -0.05) is 0 Å². The molecule has 4 rings (SSSR count). The smallest absolute Gasteiger partial charge is 0.305 e. The lowest BCUT2D eigenvalue weighted by atomic mass is 10.3. The minimum Gasteiger partial charge on any atom is -0.459 e. The number of hydrogen-bond acceptors (Lipinski definition) is 5. The Balaban J connectivity index is 1.73. The number of amides is 1. The second kappa shape index (κ2) is 5.71. The zero-order valence-electron chi connectivity index (χ0n) is 12.6. The molecule has 0 saturated heterocycles. The lowest BCUT2D eigenvalue weighted by molar-refractivity contribution is 0.0980. The number of furan rings is 1. The van der Waals surface area contributed by atoms with E-state index in [1.165, 1.54) is 53.8 Å². The molecule has 0 fully saturated rings. The van der Waals surface area contributed by atoms with Gasteiger partial charge in [-0.05, 0) is 36.4 Å². The minimum absolute atomic E-state index is 0.0639.